The van der Waals surface area contributed by atoms with E-state index in [-0.39, 0.29) is 0 Å². The number of rotatable bonds is 10. The molecule has 0 bridgehead atoms. The van der Waals surface area contributed by atoms with E-state index in [1.807, 2.05) is 84.9 Å². The first-order valence-electron chi connectivity index (χ1n) is 10.6. The molecule has 0 unspecified atom stereocenters. The van der Waals surface area contributed by atoms with Crippen molar-refractivity contribution in [1.82, 2.24) is 4.90 Å². The summed E-state index contributed by atoms with van der Waals surface area (Å²) in [6.07, 6.45) is 0. The molecule has 0 heterocycles. The highest BCUT2D eigenvalue weighted by Gasteiger charge is 2.14. The van der Waals surface area contributed by atoms with Crippen LogP contribution in [0.1, 0.15) is 30.5 Å². The van der Waals surface area contributed by atoms with Crippen molar-refractivity contribution in [2.45, 2.75) is 13.8 Å². The summed E-state index contributed by atoms with van der Waals surface area (Å²) in [5.41, 5.74) is 4.49. The van der Waals surface area contributed by atoms with Gasteiger partial charge in [0.1, 0.15) is 19.0 Å². The van der Waals surface area contributed by atoms with Gasteiger partial charge in [-0.05, 0) is 53.1 Å². The lowest BCUT2D eigenvalue weighted by Gasteiger charge is -2.18. The van der Waals surface area contributed by atoms with Gasteiger partial charge >= 0.3 is 0 Å². The smallest absolute Gasteiger partial charge is 0.119 e. The first kappa shape index (κ1) is 21.8. The molecule has 3 aromatic carbocycles. The average Bonchev–Trinajstić information content (AvgIpc) is 2.82. The Morgan fingerprint density at radius 1 is 0.733 bits per heavy atom. The molecule has 30 heavy (non-hydrogen) atoms. The highest BCUT2D eigenvalue weighted by molar-refractivity contribution is 5.99. The van der Waals surface area contributed by atoms with Crippen molar-refractivity contribution >= 4 is 11.1 Å². The zero-order valence-corrected chi connectivity index (χ0v) is 17.9. The van der Waals surface area contributed by atoms with E-state index in [4.69, 9.17) is 4.74 Å². The van der Waals surface area contributed by atoms with Crippen LogP contribution in [0.4, 0.5) is 4.39 Å². The summed E-state index contributed by atoms with van der Waals surface area (Å²) in [4.78, 5) is 2.33. The quantitative estimate of drug-likeness (QED) is 0.367. The molecule has 0 spiro atoms. The minimum atomic E-state index is -0.531. The number of alkyl halides is 1. The van der Waals surface area contributed by atoms with Gasteiger partial charge in [0.2, 0.25) is 0 Å². The van der Waals surface area contributed by atoms with Gasteiger partial charge in [0.05, 0.1) is 0 Å². The number of likely N-dealkylation sites (N-methyl/N-ethyl adjacent to an activating group) is 1. The molecular formula is C27H30FNO. The third-order valence-corrected chi connectivity index (χ3v) is 5.33. The Morgan fingerprint density at radius 2 is 1.27 bits per heavy atom. The summed E-state index contributed by atoms with van der Waals surface area (Å²) >= 11 is 0. The molecule has 0 atom stereocenters. The van der Waals surface area contributed by atoms with Crippen LogP contribution < -0.4 is 4.74 Å². The molecule has 0 aliphatic heterocycles. The van der Waals surface area contributed by atoms with Gasteiger partial charge in [0.15, 0.2) is 0 Å². The van der Waals surface area contributed by atoms with Crippen molar-refractivity contribution in [3.63, 3.8) is 0 Å². The third-order valence-electron chi connectivity index (χ3n) is 5.33. The fourth-order valence-electron chi connectivity index (χ4n) is 3.60. The fourth-order valence-corrected chi connectivity index (χ4v) is 3.60. The zero-order valence-electron chi connectivity index (χ0n) is 17.9. The molecule has 0 amide bonds. The average molecular weight is 404 g/mol. The van der Waals surface area contributed by atoms with Gasteiger partial charge in [-0.2, -0.15) is 0 Å². The minimum Gasteiger partial charge on any atom is -0.492 e. The van der Waals surface area contributed by atoms with Gasteiger partial charge in [-0.3, -0.25) is 0 Å². The normalized spacial score (nSPS) is 12.0. The third kappa shape index (κ3) is 5.58. The van der Waals surface area contributed by atoms with E-state index in [0.717, 1.165) is 47.6 Å². The lowest BCUT2D eigenvalue weighted by atomic mass is 9.90. The van der Waals surface area contributed by atoms with Crippen molar-refractivity contribution < 1.29 is 9.13 Å². The second-order valence-corrected chi connectivity index (χ2v) is 7.12. The van der Waals surface area contributed by atoms with E-state index in [1.54, 1.807) is 0 Å². The number of nitrogens with zero attached hydrogens (tertiary/aromatic N) is 1. The Balaban J connectivity index is 1.91. The van der Waals surface area contributed by atoms with Crippen LogP contribution in [0.25, 0.3) is 11.1 Å². The van der Waals surface area contributed by atoms with Crippen LogP contribution in [-0.2, 0) is 0 Å². The van der Waals surface area contributed by atoms with Gasteiger partial charge in [-0.1, -0.05) is 86.6 Å². The molecule has 2 nitrogen and oxygen atoms in total. The predicted molar refractivity (Wildman–Crippen MR) is 125 cm³/mol. The van der Waals surface area contributed by atoms with E-state index in [9.17, 15) is 4.39 Å². The second-order valence-electron chi connectivity index (χ2n) is 7.12. The maximum absolute atomic E-state index is 14.3. The number of allylic oxidation sites excluding steroid dienone is 1. The highest BCUT2D eigenvalue weighted by Crippen LogP contribution is 2.33. The summed E-state index contributed by atoms with van der Waals surface area (Å²) in [5, 5.41) is 0. The van der Waals surface area contributed by atoms with Crippen LogP contribution in [0.2, 0.25) is 0 Å². The van der Waals surface area contributed by atoms with Gasteiger partial charge < -0.3 is 9.64 Å². The Labute approximate surface area is 179 Å². The molecule has 156 valence electrons. The van der Waals surface area contributed by atoms with Crippen molar-refractivity contribution in [3.05, 3.63) is 102 Å². The van der Waals surface area contributed by atoms with E-state index in [0.29, 0.717) is 12.2 Å². The molecule has 0 radical (unpaired) electrons. The van der Waals surface area contributed by atoms with Crippen LogP contribution >= 0.6 is 0 Å². The maximum Gasteiger partial charge on any atom is 0.119 e. The maximum atomic E-state index is 14.3. The van der Waals surface area contributed by atoms with E-state index in [2.05, 4.69) is 18.7 Å². The monoisotopic (exact) mass is 403 g/mol. The highest BCUT2D eigenvalue weighted by atomic mass is 19.1. The lowest BCUT2D eigenvalue weighted by Crippen LogP contribution is -2.27. The summed E-state index contributed by atoms with van der Waals surface area (Å²) in [6, 6.07) is 27.8. The number of ether oxygens (including phenoxy) is 1. The van der Waals surface area contributed by atoms with Crippen LogP contribution in [0.5, 0.6) is 5.75 Å². The van der Waals surface area contributed by atoms with Crippen LogP contribution in [0.3, 0.4) is 0 Å². The fraction of sp³-hybridized carbons (Fsp3) is 0.259. The van der Waals surface area contributed by atoms with Crippen LogP contribution in [0, 0.1) is 0 Å². The second kappa shape index (κ2) is 11.3. The predicted octanol–water partition coefficient (Wildman–Crippen LogP) is 6.34. The summed E-state index contributed by atoms with van der Waals surface area (Å²) < 4.78 is 20.2. The topological polar surface area (TPSA) is 12.5 Å². The molecular weight excluding hydrogens is 373 g/mol. The number of benzene rings is 3. The van der Waals surface area contributed by atoms with Crippen LogP contribution in [0.15, 0.2) is 84.9 Å². The number of halogens is 1. The van der Waals surface area contributed by atoms with Gasteiger partial charge in [0.25, 0.3) is 0 Å². The van der Waals surface area contributed by atoms with Gasteiger partial charge in [-0.15, -0.1) is 0 Å². The molecule has 3 heteroatoms. The molecule has 0 saturated heterocycles. The van der Waals surface area contributed by atoms with E-state index >= 15 is 0 Å². The first-order valence-corrected chi connectivity index (χ1v) is 10.6. The van der Waals surface area contributed by atoms with E-state index in [1.165, 1.54) is 0 Å². The van der Waals surface area contributed by atoms with Gasteiger partial charge in [0, 0.05) is 6.54 Å². The zero-order chi connectivity index (χ0) is 21.2. The molecule has 0 aromatic heterocycles. The summed E-state index contributed by atoms with van der Waals surface area (Å²) in [6.45, 7) is 7.39. The van der Waals surface area contributed by atoms with Crippen molar-refractivity contribution in [2.24, 2.45) is 0 Å². The summed E-state index contributed by atoms with van der Waals surface area (Å²) in [5.74, 6) is 0.833. The Morgan fingerprint density at radius 3 is 1.80 bits per heavy atom. The molecule has 0 fully saturated rings. The van der Waals surface area contributed by atoms with Gasteiger partial charge in [-0.25, -0.2) is 4.39 Å². The molecule has 0 saturated carbocycles. The Hall–Kier alpha value is -2.91. The largest absolute Gasteiger partial charge is 0.492 e. The molecule has 3 rings (SSSR count). The Bertz CT molecular complexity index is 916. The molecule has 0 aliphatic carbocycles. The summed E-state index contributed by atoms with van der Waals surface area (Å²) in [7, 11) is 0. The minimum absolute atomic E-state index is 0.531. The molecule has 3 aromatic rings. The molecule has 0 N–H and O–H groups in total. The van der Waals surface area contributed by atoms with Crippen LogP contribution in [-0.4, -0.2) is 37.8 Å². The SMILES string of the molecule is CCN(CC)CCOc1ccc(/C(=C(/CF)c2ccccc2)c2ccccc2)cc1. The molecule has 0 aliphatic rings. The lowest BCUT2D eigenvalue weighted by molar-refractivity contribution is 0.223. The first-order chi connectivity index (χ1) is 14.8. The number of hydrogen-bond donors (Lipinski definition) is 0. The van der Waals surface area contributed by atoms with Crippen molar-refractivity contribution in [1.29, 1.82) is 0 Å². The standard InChI is InChI=1S/C27H30FNO/c1-3-29(4-2)19-20-30-25-17-15-24(16-18-25)27(23-13-9-6-10-14-23)26(21-28)22-11-7-5-8-12-22/h5-18H,3-4,19-21H2,1-2H3/b27-26-. The van der Waals surface area contributed by atoms with Crippen molar-refractivity contribution in [3.8, 4) is 5.75 Å². The van der Waals surface area contributed by atoms with Crippen molar-refractivity contribution in [2.75, 3.05) is 32.9 Å². The number of hydrogen-bond acceptors (Lipinski definition) is 2. The van der Waals surface area contributed by atoms with E-state index < -0.39 is 6.67 Å². The Kier molecular flexibility index (Phi) is 8.22.